The van der Waals surface area contributed by atoms with Gasteiger partial charge in [-0.1, -0.05) is 71.8 Å². The Hall–Kier alpha value is -5.81. The number of rotatable bonds is 7. The van der Waals surface area contributed by atoms with E-state index in [1.165, 1.54) is 35.2 Å². The predicted octanol–water partition coefficient (Wildman–Crippen LogP) is 6.72. The Kier molecular flexibility index (Phi) is 7.98. The molecule has 4 aromatic rings. The number of nitro groups is 1. The molecule has 1 N–H and O–H groups in total. The van der Waals surface area contributed by atoms with E-state index in [2.05, 4.69) is 0 Å². The van der Waals surface area contributed by atoms with Crippen LogP contribution < -0.4 is 14.5 Å². The van der Waals surface area contributed by atoms with E-state index in [0.717, 1.165) is 10.5 Å². The van der Waals surface area contributed by atoms with Gasteiger partial charge in [-0.2, -0.15) is 0 Å². The Labute approximate surface area is 303 Å². The van der Waals surface area contributed by atoms with E-state index in [9.17, 15) is 29.6 Å². The van der Waals surface area contributed by atoms with Crippen LogP contribution >= 0.6 is 11.6 Å². The summed E-state index contributed by atoms with van der Waals surface area (Å²) in [6, 6.07) is 25.9. The van der Waals surface area contributed by atoms with Crippen LogP contribution in [0.2, 0.25) is 5.02 Å². The van der Waals surface area contributed by atoms with Crippen LogP contribution in [-0.2, 0) is 24.6 Å². The van der Waals surface area contributed by atoms with Gasteiger partial charge in [-0.15, -0.1) is 0 Å². The first-order chi connectivity index (χ1) is 25.1. The Morgan fingerprint density at radius 3 is 2.31 bits per heavy atom. The molecule has 12 heteroatoms. The van der Waals surface area contributed by atoms with Crippen molar-refractivity contribution in [3.63, 3.8) is 0 Å². The number of carbonyl (C=O) groups is 4. The second kappa shape index (κ2) is 12.4. The summed E-state index contributed by atoms with van der Waals surface area (Å²) in [6.45, 7) is 2.04. The number of anilines is 2. The van der Waals surface area contributed by atoms with Crippen LogP contribution in [0.25, 0.3) is 0 Å². The van der Waals surface area contributed by atoms with E-state index < -0.39 is 63.6 Å². The normalized spacial score (nSPS) is 26.5. The second-order valence-corrected chi connectivity index (χ2v) is 14.0. The van der Waals surface area contributed by atoms with Crippen molar-refractivity contribution in [3.8, 4) is 11.5 Å². The third kappa shape index (κ3) is 4.79. The number of fused-ring (bicyclic) bond motifs is 4. The highest BCUT2D eigenvalue weighted by atomic mass is 35.5. The molecule has 2 saturated heterocycles. The van der Waals surface area contributed by atoms with Gasteiger partial charge in [0.1, 0.15) is 0 Å². The van der Waals surface area contributed by atoms with Crippen LogP contribution in [-0.4, -0.2) is 40.3 Å². The number of ether oxygens (including phenoxy) is 1. The molecule has 1 saturated carbocycles. The maximum atomic E-state index is 15.4. The summed E-state index contributed by atoms with van der Waals surface area (Å²) in [4.78, 5) is 72.0. The summed E-state index contributed by atoms with van der Waals surface area (Å²) >= 11 is 6.38. The molecular weight excluding hydrogens is 686 g/mol. The number of carbonyl (C=O) groups excluding carboxylic acids is 4. The number of non-ortho nitro benzene ring substituents is 1. The molecule has 2 aliphatic heterocycles. The van der Waals surface area contributed by atoms with Gasteiger partial charge in [0.15, 0.2) is 11.5 Å². The molecule has 262 valence electrons. The highest BCUT2D eigenvalue weighted by Crippen LogP contribution is 2.65. The predicted molar refractivity (Wildman–Crippen MR) is 191 cm³/mol. The van der Waals surface area contributed by atoms with Crippen LogP contribution in [0.3, 0.4) is 0 Å². The van der Waals surface area contributed by atoms with Crippen LogP contribution in [0.15, 0.2) is 109 Å². The van der Waals surface area contributed by atoms with Crippen molar-refractivity contribution in [3.05, 3.63) is 135 Å². The number of hydrogen-bond acceptors (Lipinski definition) is 8. The number of nitro benzene ring substituents is 1. The first-order valence-corrected chi connectivity index (χ1v) is 17.4. The molecule has 0 aromatic heterocycles. The lowest BCUT2D eigenvalue weighted by Gasteiger charge is -2.50. The highest BCUT2D eigenvalue weighted by molar-refractivity contribution is 6.32. The fraction of sp³-hybridized carbons (Fsp3) is 0.250. The fourth-order valence-electron chi connectivity index (χ4n) is 9.10. The van der Waals surface area contributed by atoms with Gasteiger partial charge in [-0.05, 0) is 73.2 Å². The summed E-state index contributed by atoms with van der Waals surface area (Å²) in [7, 11) is 0. The molecule has 0 spiro atoms. The Balaban J connectivity index is 1.35. The van der Waals surface area contributed by atoms with Gasteiger partial charge < -0.3 is 9.84 Å². The maximum absolute atomic E-state index is 15.4. The van der Waals surface area contributed by atoms with Crippen LogP contribution in [0.4, 0.5) is 17.1 Å². The third-order valence-electron chi connectivity index (χ3n) is 11.1. The number of aromatic hydroxyl groups is 1. The quantitative estimate of drug-likeness (QED) is 0.0960. The zero-order valence-electron chi connectivity index (χ0n) is 27.8. The van der Waals surface area contributed by atoms with Crippen molar-refractivity contribution in [1.29, 1.82) is 0 Å². The molecule has 2 aliphatic carbocycles. The molecule has 0 bridgehead atoms. The number of imide groups is 2. The molecule has 4 aliphatic rings. The standard InChI is InChI=1S/C40H32ClN3O8/c1-2-52-33-18-22(14-17-32(33)45)35-28-15-16-29-34(38(48)42(36(29)46)26-12-7-13-27(20-26)44(50)51)30(28)21-31-37(47)43(25-11-6-10-24(41)19-25)39(49)40(31,35)23-8-4-3-5-9-23/h3-15,17-20,29-31,34-35,45H,2,16,21H2,1H3/t29-,30+,31-,34-,35-,40+/m0/s1. The Bertz CT molecular complexity index is 2220. The lowest BCUT2D eigenvalue weighted by Crippen LogP contribution is -2.53. The van der Waals surface area contributed by atoms with Crippen molar-refractivity contribution in [2.45, 2.75) is 31.1 Å². The van der Waals surface area contributed by atoms with E-state index in [1.54, 1.807) is 43.3 Å². The number of phenols is 1. The first-order valence-electron chi connectivity index (χ1n) is 17.0. The van der Waals surface area contributed by atoms with Crippen molar-refractivity contribution in [2.75, 3.05) is 16.4 Å². The third-order valence-corrected chi connectivity index (χ3v) is 11.3. The number of halogens is 1. The number of nitrogens with zero attached hydrogens (tertiary/aromatic N) is 3. The Morgan fingerprint density at radius 2 is 1.60 bits per heavy atom. The van der Waals surface area contributed by atoms with Gasteiger partial charge in [-0.25, -0.2) is 9.80 Å². The molecule has 6 atom stereocenters. The van der Waals surface area contributed by atoms with Crippen LogP contribution in [0, 0.1) is 33.8 Å². The molecule has 52 heavy (non-hydrogen) atoms. The lowest BCUT2D eigenvalue weighted by molar-refractivity contribution is -0.384. The van der Waals surface area contributed by atoms with E-state index in [4.69, 9.17) is 16.3 Å². The minimum Gasteiger partial charge on any atom is -0.504 e. The topological polar surface area (TPSA) is 147 Å². The molecule has 4 amide bonds. The van der Waals surface area contributed by atoms with Gasteiger partial charge >= 0.3 is 0 Å². The number of amides is 4. The minimum atomic E-state index is -1.50. The molecule has 0 radical (unpaired) electrons. The summed E-state index contributed by atoms with van der Waals surface area (Å²) in [6.07, 6.45) is 2.18. The average molecular weight is 718 g/mol. The number of benzene rings is 4. The van der Waals surface area contributed by atoms with Crippen molar-refractivity contribution in [2.24, 2.45) is 23.7 Å². The number of phenolic OH excluding ortho intramolecular Hbond substituents is 1. The average Bonchev–Trinajstić information content (AvgIpc) is 3.53. The highest BCUT2D eigenvalue weighted by Gasteiger charge is 2.70. The van der Waals surface area contributed by atoms with E-state index in [1.807, 2.05) is 36.4 Å². The first kappa shape index (κ1) is 33.3. The van der Waals surface area contributed by atoms with E-state index in [-0.39, 0.29) is 42.3 Å². The summed E-state index contributed by atoms with van der Waals surface area (Å²) in [5, 5.41) is 22.7. The van der Waals surface area contributed by atoms with Crippen molar-refractivity contribution >= 4 is 52.3 Å². The van der Waals surface area contributed by atoms with Gasteiger partial charge in [0.05, 0.1) is 46.1 Å². The molecule has 0 unspecified atom stereocenters. The van der Waals surface area contributed by atoms with E-state index >= 15 is 4.79 Å². The van der Waals surface area contributed by atoms with E-state index in [0.29, 0.717) is 21.8 Å². The second-order valence-electron chi connectivity index (χ2n) is 13.5. The zero-order valence-corrected chi connectivity index (χ0v) is 28.6. The largest absolute Gasteiger partial charge is 0.504 e. The SMILES string of the molecule is CCOc1cc([C@H]2C3=CC[C@@H]4C(=O)N(c5cccc([N+](=O)[O-])c5)C(=O)[C@@H]4[C@@H]3C[C@H]3C(=O)N(c4cccc(Cl)c4)C(=O)[C@@]23c2ccccc2)ccc1O. The van der Waals surface area contributed by atoms with Gasteiger partial charge in [-0.3, -0.25) is 29.3 Å². The van der Waals surface area contributed by atoms with Gasteiger partial charge in [0.25, 0.3) is 5.69 Å². The Morgan fingerprint density at radius 1 is 0.865 bits per heavy atom. The monoisotopic (exact) mass is 717 g/mol. The molecule has 3 fully saturated rings. The molecule has 11 nitrogen and oxygen atoms in total. The molecular formula is C40H32ClN3O8. The number of hydrogen-bond donors (Lipinski definition) is 1. The van der Waals surface area contributed by atoms with Crippen LogP contribution in [0.1, 0.15) is 36.8 Å². The van der Waals surface area contributed by atoms with Gasteiger partial charge in [0.2, 0.25) is 23.6 Å². The smallest absolute Gasteiger partial charge is 0.271 e. The molecule has 8 rings (SSSR count). The zero-order chi connectivity index (χ0) is 36.5. The van der Waals surface area contributed by atoms with Gasteiger partial charge in [0, 0.05) is 23.1 Å². The summed E-state index contributed by atoms with van der Waals surface area (Å²) in [5.41, 5.74) is 0.576. The fourth-order valence-corrected chi connectivity index (χ4v) is 9.28. The summed E-state index contributed by atoms with van der Waals surface area (Å²) < 4.78 is 5.80. The number of allylic oxidation sites excluding steroid dienone is 2. The molecule has 4 aromatic carbocycles. The van der Waals surface area contributed by atoms with Crippen molar-refractivity contribution < 1.29 is 33.9 Å². The van der Waals surface area contributed by atoms with Crippen LogP contribution in [0.5, 0.6) is 11.5 Å². The lowest BCUT2D eigenvalue weighted by atomic mass is 9.49. The maximum Gasteiger partial charge on any atom is 0.271 e. The molecule has 2 heterocycles. The van der Waals surface area contributed by atoms with Crippen molar-refractivity contribution in [1.82, 2.24) is 0 Å². The summed E-state index contributed by atoms with van der Waals surface area (Å²) in [5.74, 6) is -5.93. The minimum absolute atomic E-state index is 0.0816.